The second-order valence-corrected chi connectivity index (χ2v) is 8.37. The summed E-state index contributed by atoms with van der Waals surface area (Å²) in [6.45, 7) is 0.969. The lowest BCUT2D eigenvalue weighted by atomic mass is 10.1. The summed E-state index contributed by atoms with van der Waals surface area (Å²) in [4.78, 5) is 6.96. The Balaban J connectivity index is 1.74. The Morgan fingerprint density at radius 1 is 0.800 bits per heavy atom. The van der Waals surface area contributed by atoms with Crippen LogP contribution in [-0.2, 0) is 18.5 Å². The maximum Gasteiger partial charge on any atom is 0.417 e. The highest BCUT2D eigenvalue weighted by molar-refractivity contribution is 7.80. The van der Waals surface area contributed by atoms with Crippen molar-refractivity contribution in [1.82, 2.24) is 9.88 Å². The second-order valence-electron chi connectivity index (χ2n) is 7.58. The van der Waals surface area contributed by atoms with Crippen molar-refractivity contribution in [3.8, 4) is 0 Å². The van der Waals surface area contributed by atoms with Gasteiger partial charge in [-0.2, -0.15) is 39.5 Å². The number of alkyl halides is 9. The van der Waals surface area contributed by atoms with E-state index < -0.39 is 40.9 Å². The maximum absolute atomic E-state index is 13.1. The third-order valence-corrected chi connectivity index (χ3v) is 5.71. The number of nitrogens with one attached hydrogen (secondary N) is 1. The molecular formula is C20H16ClF9N4S. The van der Waals surface area contributed by atoms with E-state index in [2.05, 4.69) is 10.3 Å². The standard InChI is InChI=1S/C20H16ClF9N4S/c21-15-9-13(20(28,29)30)10-31-16(15)33-2-1-3-34(5-4-33)17(35)32-14-7-11(18(22,23)24)6-12(8-14)19(25,26)27/h6-10H,1-5H2,(H,32,35). The van der Waals surface area contributed by atoms with Crippen LogP contribution in [0.3, 0.4) is 0 Å². The Morgan fingerprint density at radius 3 is 1.89 bits per heavy atom. The smallest absolute Gasteiger partial charge is 0.354 e. The van der Waals surface area contributed by atoms with Crippen molar-refractivity contribution in [1.29, 1.82) is 0 Å². The van der Waals surface area contributed by atoms with E-state index >= 15 is 0 Å². The number of rotatable bonds is 2. The Kier molecular flexibility index (Phi) is 7.65. The third kappa shape index (κ3) is 6.81. The van der Waals surface area contributed by atoms with Gasteiger partial charge in [-0.15, -0.1) is 0 Å². The van der Waals surface area contributed by atoms with Gasteiger partial charge in [-0.1, -0.05) is 11.6 Å². The predicted octanol–water partition coefficient (Wildman–Crippen LogP) is 6.70. The molecule has 192 valence electrons. The van der Waals surface area contributed by atoms with Crippen molar-refractivity contribution in [2.75, 3.05) is 36.4 Å². The summed E-state index contributed by atoms with van der Waals surface area (Å²) in [6, 6.07) is 1.82. The van der Waals surface area contributed by atoms with E-state index in [1.165, 1.54) is 4.90 Å². The minimum atomic E-state index is -5.00. The lowest BCUT2D eigenvalue weighted by molar-refractivity contribution is -0.143. The maximum atomic E-state index is 13.1. The molecule has 0 saturated carbocycles. The Bertz CT molecular complexity index is 1050. The molecule has 15 heteroatoms. The molecule has 1 aromatic heterocycles. The number of nitrogens with zero attached hydrogens (tertiary/aromatic N) is 3. The fraction of sp³-hybridized carbons (Fsp3) is 0.400. The first-order valence-electron chi connectivity index (χ1n) is 9.89. The molecule has 4 nitrogen and oxygen atoms in total. The summed E-state index contributed by atoms with van der Waals surface area (Å²) >= 11 is 11.2. The average molecular weight is 551 g/mol. The van der Waals surface area contributed by atoms with E-state index in [1.807, 2.05) is 0 Å². The van der Waals surface area contributed by atoms with Gasteiger partial charge in [0.25, 0.3) is 0 Å². The number of benzene rings is 1. The van der Waals surface area contributed by atoms with E-state index in [1.54, 1.807) is 4.90 Å². The summed E-state index contributed by atoms with van der Waals surface area (Å²) in [5, 5.41) is 2.11. The molecule has 0 amide bonds. The molecular weight excluding hydrogens is 535 g/mol. The van der Waals surface area contributed by atoms with Gasteiger partial charge in [-0.05, 0) is 42.9 Å². The van der Waals surface area contributed by atoms with Crippen molar-refractivity contribution >= 4 is 40.4 Å². The van der Waals surface area contributed by atoms with Crippen LogP contribution >= 0.6 is 23.8 Å². The van der Waals surface area contributed by atoms with Crippen LogP contribution in [0.15, 0.2) is 30.5 Å². The number of halogens is 10. The summed E-state index contributed by atoms with van der Waals surface area (Å²) in [6.07, 6.45) is -13.6. The third-order valence-electron chi connectivity index (χ3n) is 5.07. The molecule has 0 atom stereocenters. The Morgan fingerprint density at radius 2 is 1.37 bits per heavy atom. The second kappa shape index (κ2) is 9.88. The molecule has 0 radical (unpaired) electrons. The first-order valence-corrected chi connectivity index (χ1v) is 10.7. The van der Waals surface area contributed by atoms with Crippen molar-refractivity contribution in [2.24, 2.45) is 0 Å². The fourth-order valence-electron chi connectivity index (χ4n) is 3.38. The van der Waals surface area contributed by atoms with E-state index in [9.17, 15) is 39.5 Å². The molecule has 0 spiro atoms. The molecule has 1 aliphatic rings. The van der Waals surface area contributed by atoms with Gasteiger partial charge < -0.3 is 15.1 Å². The summed E-state index contributed by atoms with van der Waals surface area (Å²) in [5.41, 5.74) is -4.46. The van der Waals surface area contributed by atoms with Crippen LogP contribution in [0, 0.1) is 0 Å². The highest BCUT2D eigenvalue weighted by Gasteiger charge is 2.37. The van der Waals surface area contributed by atoms with Crippen LogP contribution < -0.4 is 10.2 Å². The van der Waals surface area contributed by atoms with Gasteiger partial charge in [0.15, 0.2) is 5.11 Å². The van der Waals surface area contributed by atoms with Crippen LogP contribution in [0.4, 0.5) is 51.0 Å². The van der Waals surface area contributed by atoms with Crippen LogP contribution in [0.25, 0.3) is 0 Å². The number of pyridine rings is 1. The lowest BCUT2D eigenvalue weighted by Gasteiger charge is -2.26. The molecule has 1 aliphatic heterocycles. The molecule has 3 rings (SSSR count). The topological polar surface area (TPSA) is 31.4 Å². The zero-order chi connectivity index (χ0) is 26.2. The van der Waals surface area contributed by atoms with Crippen LogP contribution in [0.1, 0.15) is 23.1 Å². The van der Waals surface area contributed by atoms with Gasteiger partial charge in [0, 0.05) is 38.1 Å². The van der Waals surface area contributed by atoms with Crippen LogP contribution in [0.2, 0.25) is 5.02 Å². The molecule has 0 aliphatic carbocycles. The highest BCUT2D eigenvalue weighted by Crippen LogP contribution is 2.38. The normalized spacial score (nSPS) is 15.7. The SMILES string of the molecule is FC(F)(F)c1cc(NC(=S)N2CCCN(c3ncc(C(F)(F)F)cc3Cl)CC2)cc(C(F)(F)F)c1. The van der Waals surface area contributed by atoms with Gasteiger partial charge in [0.2, 0.25) is 0 Å². The minimum absolute atomic E-state index is 0.0127. The molecule has 1 fully saturated rings. The molecule has 2 aromatic rings. The molecule has 2 heterocycles. The number of thiocarbonyl (C=S) groups is 1. The van der Waals surface area contributed by atoms with E-state index in [0.29, 0.717) is 31.3 Å². The molecule has 0 bridgehead atoms. The fourth-order valence-corrected chi connectivity index (χ4v) is 3.97. The molecule has 1 aromatic carbocycles. The zero-order valence-corrected chi connectivity index (χ0v) is 19.0. The Hall–Kier alpha value is -2.48. The first-order chi connectivity index (χ1) is 16.1. The number of hydrogen-bond donors (Lipinski definition) is 1. The zero-order valence-electron chi connectivity index (χ0n) is 17.5. The van der Waals surface area contributed by atoms with E-state index in [4.69, 9.17) is 23.8 Å². The average Bonchev–Trinajstić information content (AvgIpc) is 2.98. The van der Waals surface area contributed by atoms with Crippen molar-refractivity contribution in [3.05, 3.63) is 52.2 Å². The van der Waals surface area contributed by atoms with Gasteiger partial charge in [0.1, 0.15) is 5.82 Å². The van der Waals surface area contributed by atoms with Crippen molar-refractivity contribution in [2.45, 2.75) is 24.9 Å². The summed E-state index contributed by atoms with van der Waals surface area (Å²) < 4.78 is 117. The predicted molar refractivity (Wildman–Crippen MR) is 115 cm³/mol. The summed E-state index contributed by atoms with van der Waals surface area (Å²) in [7, 11) is 0. The lowest BCUT2D eigenvalue weighted by Crippen LogP contribution is -2.38. The van der Waals surface area contributed by atoms with Gasteiger partial charge in [-0.25, -0.2) is 4.98 Å². The van der Waals surface area contributed by atoms with Crippen molar-refractivity contribution in [3.63, 3.8) is 0 Å². The number of hydrogen-bond acceptors (Lipinski definition) is 3. The minimum Gasteiger partial charge on any atom is -0.354 e. The van der Waals surface area contributed by atoms with E-state index in [-0.39, 0.29) is 41.7 Å². The van der Waals surface area contributed by atoms with Gasteiger partial charge in [-0.3, -0.25) is 0 Å². The molecule has 1 N–H and O–H groups in total. The largest absolute Gasteiger partial charge is 0.417 e. The van der Waals surface area contributed by atoms with Crippen LogP contribution in [0.5, 0.6) is 0 Å². The monoisotopic (exact) mass is 550 g/mol. The number of anilines is 2. The van der Waals surface area contributed by atoms with Crippen molar-refractivity contribution < 1.29 is 39.5 Å². The first kappa shape index (κ1) is 27.1. The molecule has 35 heavy (non-hydrogen) atoms. The molecule has 0 unspecified atom stereocenters. The van der Waals surface area contributed by atoms with E-state index in [0.717, 1.165) is 6.07 Å². The summed E-state index contributed by atoms with van der Waals surface area (Å²) in [5.74, 6) is 0.119. The molecule has 1 saturated heterocycles. The highest BCUT2D eigenvalue weighted by atomic mass is 35.5. The van der Waals surface area contributed by atoms with Crippen LogP contribution in [-0.4, -0.2) is 41.2 Å². The van der Waals surface area contributed by atoms with Gasteiger partial charge >= 0.3 is 18.5 Å². The Labute approximate surface area is 203 Å². The van der Waals surface area contributed by atoms with Gasteiger partial charge in [0.05, 0.1) is 21.7 Å². The number of aromatic nitrogens is 1. The quantitative estimate of drug-likeness (QED) is 0.332.